The summed E-state index contributed by atoms with van der Waals surface area (Å²) in [4.78, 5) is 0. The minimum Gasteiger partial charge on any atom is -0.374 e. The molecule has 0 unspecified atom stereocenters. The van der Waals surface area contributed by atoms with Crippen molar-refractivity contribution in [2.24, 2.45) is 0 Å². The second-order valence-corrected chi connectivity index (χ2v) is 2.23. The van der Waals surface area contributed by atoms with Crippen molar-refractivity contribution in [3.05, 3.63) is 35.9 Å². The van der Waals surface area contributed by atoms with Gasteiger partial charge in [0.1, 0.15) is 6.67 Å². The van der Waals surface area contributed by atoms with Gasteiger partial charge in [-0.3, -0.25) is 0 Å². The first kappa shape index (κ1) is 8.21. The number of benzene rings is 1. The Morgan fingerprint density at radius 3 is 2.55 bits per heavy atom. The first-order valence-corrected chi connectivity index (χ1v) is 3.61. The highest BCUT2D eigenvalue weighted by Crippen LogP contribution is 1.99. The minimum absolute atomic E-state index is 0.189. The van der Waals surface area contributed by atoms with E-state index in [9.17, 15) is 4.39 Å². The Balaban J connectivity index is 2.28. The van der Waals surface area contributed by atoms with Gasteiger partial charge in [0.15, 0.2) is 0 Å². The molecule has 2 heteroatoms. The Morgan fingerprint density at radius 1 is 1.18 bits per heavy atom. The van der Waals surface area contributed by atoms with Crippen LogP contribution in [0.5, 0.6) is 0 Å². The van der Waals surface area contributed by atoms with Crippen LogP contribution in [0.3, 0.4) is 0 Å². The second-order valence-electron chi connectivity index (χ2n) is 2.23. The van der Waals surface area contributed by atoms with E-state index in [0.29, 0.717) is 6.61 Å². The molecule has 60 valence electrons. The normalized spacial score (nSPS) is 9.91. The Hall–Kier alpha value is -0.890. The Kier molecular flexibility index (Phi) is 3.62. The lowest BCUT2D eigenvalue weighted by atomic mass is 10.2. The van der Waals surface area contributed by atoms with Crippen LogP contribution in [0.15, 0.2) is 30.3 Å². The number of alkyl halides is 1. The van der Waals surface area contributed by atoms with E-state index in [0.717, 1.165) is 5.56 Å². The van der Waals surface area contributed by atoms with Crippen LogP contribution in [-0.2, 0) is 11.3 Å². The molecule has 0 aromatic heterocycles. The molecule has 0 saturated carbocycles. The zero-order valence-electron chi connectivity index (χ0n) is 6.29. The van der Waals surface area contributed by atoms with Gasteiger partial charge in [0, 0.05) is 0 Å². The van der Waals surface area contributed by atoms with Crippen LogP contribution in [0.2, 0.25) is 0 Å². The quantitative estimate of drug-likeness (QED) is 0.604. The van der Waals surface area contributed by atoms with E-state index in [1.165, 1.54) is 0 Å². The molecule has 0 saturated heterocycles. The third-order valence-corrected chi connectivity index (χ3v) is 1.33. The first-order chi connectivity index (χ1) is 5.43. The number of ether oxygens (including phenoxy) is 1. The van der Waals surface area contributed by atoms with Gasteiger partial charge in [-0.1, -0.05) is 30.3 Å². The molecular formula is C9H11FO. The maximum Gasteiger partial charge on any atom is 0.113 e. The summed E-state index contributed by atoms with van der Waals surface area (Å²) in [6, 6.07) is 9.73. The SMILES string of the molecule is FCCOCc1ccccc1. The van der Waals surface area contributed by atoms with Crippen LogP contribution < -0.4 is 0 Å². The van der Waals surface area contributed by atoms with Gasteiger partial charge in [-0.05, 0) is 5.56 Å². The predicted molar refractivity (Wildman–Crippen MR) is 42.1 cm³/mol. The molecule has 0 N–H and O–H groups in total. The van der Waals surface area contributed by atoms with Gasteiger partial charge in [-0.25, -0.2) is 4.39 Å². The first-order valence-electron chi connectivity index (χ1n) is 3.61. The summed E-state index contributed by atoms with van der Waals surface area (Å²) in [6.07, 6.45) is 0. The Labute approximate surface area is 65.8 Å². The number of rotatable bonds is 4. The molecule has 1 aromatic rings. The van der Waals surface area contributed by atoms with Crippen LogP contribution in [0.1, 0.15) is 5.56 Å². The van der Waals surface area contributed by atoms with Crippen molar-refractivity contribution in [1.82, 2.24) is 0 Å². The summed E-state index contributed by atoms with van der Waals surface area (Å²) >= 11 is 0. The molecule has 11 heavy (non-hydrogen) atoms. The van der Waals surface area contributed by atoms with Crippen molar-refractivity contribution < 1.29 is 9.13 Å². The monoisotopic (exact) mass is 154 g/mol. The zero-order chi connectivity index (χ0) is 7.94. The predicted octanol–water partition coefficient (Wildman–Crippen LogP) is 2.17. The van der Waals surface area contributed by atoms with E-state index in [1.54, 1.807) is 0 Å². The zero-order valence-corrected chi connectivity index (χ0v) is 6.29. The molecule has 0 aliphatic heterocycles. The molecule has 0 radical (unpaired) electrons. The van der Waals surface area contributed by atoms with Crippen molar-refractivity contribution in [3.8, 4) is 0 Å². The fourth-order valence-electron chi connectivity index (χ4n) is 0.819. The highest BCUT2D eigenvalue weighted by molar-refractivity contribution is 5.13. The molecule has 0 fully saturated rings. The van der Waals surface area contributed by atoms with Crippen LogP contribution in [0, 0.1) is 0 Å². The van der Waals surface area contributed by atoms with Gasteiger partial charge < -0.3 is 4.74 Å². The van der Waals surface area contributed by atoms with Crippen molar-refractivity contribution in [3.63, 3.8) is 0 Å². The van der Waals surface area contributed by atoms with Crippen LogP contribution in [-0.4, -0.2) is 13.3 Å². The Bertz CT molecular complexity index is 186. The fourth-order valence-corrected chi connectivity index (χ4v) is 0.819. The van der Waals surface area contributed by atoms with E-state index in [-0.39, 0.29) is 6.61 Å². The van der Waals surface area contributed by atoms with Gasteiger partial charge in [-0.2, -0.15) is 0 Å². The van der Waals surface area contributed by atoms with Gasteiger partial charge in [0.05, 0.1) is 13.2 Å². The van der Waals surface area contributed by atoms with Crippen LogP contribution >= 0.6 is 0 Å². The molecule has 0 amide bonds. The van der Waals surface area contributed by atoms with Gasteiger partial charge in [0.2, 0.25) is 0 Å². The van der Waals surface area contributed by atoms with Crippen molar-refractivity contribution >= 4 is 0 Å². The third kappa shape index (κ3) is 3.14. The second kappa shape index (κ2) is 4.85. The average molecular weight is 154 g/mol. The molecule has 0 aliphatic carbocycles. The maximum absolute atomic E-state index is 11.6. The summed E-state index contributed by atoms with van der Waals surface area (Å²) in [5.41, 5.74) is 1.08. The lowest BCUT2D eigenvalue weighted by Crippen LogP contribution is -1.95. The molecule has 0 atom stereocenters. The van der Waals surface area contributed by atoms with E-state index >= 15 is 0 Å². The average Bonchev–Trinajstić information content (AvgIpc) is 2.07. The molecule has 0 heterocycles. The number of halogens is 1. The maximum atomic E-state index is 11.6. The molecule has 0 spiro atoms. The highest BCUT2D eigenvalue weighted by Gasteiger charge is 1.89. The highest BCUT2D eigenvalue weighted by atomic mass is 19.1. The lowest BCUT2D eigenvalue weighted by molar-refractivity contribution is 0.106. The number of hydrogen-bond acceptors (Lipinski definition) is 1. The Morgan fingerprint density at radius 2 is 1.91 bits per heavy atom. The smallest absolute Gasteiger partial charge is 0.113 e. The van der Waals surface area contributed by atoms with Gasteiger partial charge in [0.25, 0.3) is 0 Å². The lowest BCUT2D eigenvalue weighted by Gasteiger charge is -1.99. The molecule has 0 bridgehead atoms. The van der Waals surface area contributed by atoms with E-state index < -0.39 is 6.67 Å². The topological polar surface area (TPSA) is 9.23 Å². The van der Waals surface area contributed by atoms with Crippen molar-refractivity contribution in [2.75, 3.05) is 13.3 Å². The molecule has 1 nitrogen and oxygen atoms in total. The summed E-state index contributed by atoms with van der Waals surface area (Å²) in [6.45, 7) is 0.284. The van der Waals surface area contributed by atoms with Crippen molar-refractivity contribution in [1.29, 1.82) is 0 Å². The largest absolute Gasteiger partial charge is 0.374 e. The molecule has 1 rings (SSSR count). The van der Waals surface area contributed by atoms with E-state index in [2.05, 4.69) is 0 Å². The van der Waals surface area contributed by atoms with Gasteiger partial charge in [-0.15, -0.1) is 0 Å². The van der Waals surface area contributed by atoms with Gasteiger partial charge >= 0.3 is 0 Å². The summed E-state index contributed by atoms with van der Waals surface area (Å²) in [5, 5.41) is 0. The summed E-state index contributed by atoms with van der Waals surface area (Å²) < 4.78 is 16.6. The molecule has 1 aromatic carbocycles. The standard InChI is InChI=1S/C9H11FO/c10-6-7-11-8-9-4-2-1-3-5-9/h1-5H,6-8H2. The number of hydrogen-bond donors (Lipinski definition) is 0. The summed E-state index contributed by atoms with van der Waals surface area (Å²) in [7, 11) is 0. The van der Waals surface area contributed by atoms with Crippen molar-refractivity contribution in [2.45, 2.75) is 6.61 Å². The third-order valence-electron chi connectivity index (χ3n) is 1.33. The summed E-state index contributed by atoms with van der Waals surface area (Å²) in [5.74, 6) is 0. The van der Waals surface area contributed by atoms with E-state index in [4.69, 9.17) is 4.74 Å². The molecule has 0 aliphatic rings. The molecular weight excluding hydrogens is 143 g/mol. The van der Waals surface area contributed by atoms with Crippen LogP contribution in [0.4, 0.5) is 4.39 Å². The minimum atomic E-state index is -0.410. The fraction of sp³-hybridized carbons (Fsp3) is 0.333. The van der Waals surface area contributed by atoms with E-state index in [1.807, 2.05) is 30.3 Å². The van der Waals surface area contributed by atoms with Crippen LogP contribution in [0.25, 0.3) is 0 Å².